The molecule has 0 aliphatic carbocycles. The van der Waals surface area contributed by atoms with Gasteiger partial charge in [0.2, 0.25) is 0 Å². The van der Waals surface area contributed by atoms with Crippen molar-refractivity contribution in [3.63, 3.8) is 0 Å². The molecule has 0 saturated heterocycles. The SMILES string of the molecule is Cc1cc(C(=O)N2CCc3c(c(C(=O)N(C)Cc4cscn4)nn3Cc3ccccc3)C2)n(C)n1. The number of amides is 2. The second-order valence-electron chi connectivity index (χ2n) is 8.83. The largest absolute Gasteiger partial charge is 0.334 e. The fourth-order valence-corrected chi connectivity index (χ4v) is 5.06. The molecule has 0 fully saturated rings. The summed E-state index contributed by atoms with van der Waals surface area (Å²) >= 11 is 1.50. The minimum Gasteiger partial charge on any atom is -0.334 e. The van der Waals surface area contributed by atoms with Gasteiger partial charge in [-0.25, -0.2) is 4.98 Å². The maximum absolute atomic E-state index is 13.5. The van der Waals surface area contributed by atoms with E-state index in [1.165, 1.54) is 11.3 Å². The van der Waals surface area contributed by atoms with Gasteiger partial charge in [0.25, 0.3) is 11.8 Å². The zero-order valence-electron chi connectivity index (χ0n) is 20.0. The summed E-state index contributed by atoms with van der Waals surface area (Å²) < 4.78 is 3.53. The monoisotopic (exact) mass is 489 g/mol. The molecule has 4 heterocycles. The fraction of sp³-hybridized carbons (Fsp3) is 0.320. The summed E-state index contributed by atoms with van der Waals surface area (Å²) in [6, 6.07) is 11.9. The minimum atomic E-state index is -0.174. The van der Waals surface area contributed by atoms with Crippen LogP contribution in [0.1, 0.15) is 49.2 Å². The van der Waals surface area contributed by atoms with Gasteiger partial charge in [0, 0.05) is 43.7 Å². The molecule has 1 aromatic carbocycles. The zero-order valence-corrected chi connectivity index (χ0v) is 20.8. The van der Waals surface area contributed by atoms with E-state index in [9.17, 15) is 9.59 Å². The van der Waals surface area contributed by atoms with Gasteiger partial charge in [-0.3, -0.25) is 19.0 Å². The third-order valence-corrected chi connectivity index (χ3v) is 6.88. The van der Waals surface area contributed by atoms with E-state index in [2.05, 4.69) is 10.1 Å². The summed E-state index contributed by atoms with van der Waals surface area (Å²) in [6.07, 6.45) is 0.626. The molecule has 0 radical (unpaired) electrons. The Labute approximate surface area is 207 Å². The molecule has 0 spiro atoms. The number of carbonyl (C=O) groups excluding carboxylic acids is 2. The van der Waals surface area contributed by atoms with Gasteiger partial charge in [0.1, 0.15) is 5.69 Å². The third kappa shape index (κ3) is 4.61. The molecule has 10 heteroatoms. The van der Waals surface area contributed by atoms with Crippen molar-refractivity contribution in [1.82, 2.24) is 34.3 Å². The maximum atomic E-state index is 13.5. The van der Waals surface area contributed by atoms with Crippen LogP contribution < -0.4 is 0 Å². The second-order valence-corrected chi connectivity index (χ2v) is 9.55. The molecule has 0 unspecified atom stereocenters. The number of hydrogen-bond acceptors (Lipinski definition) is 6. The topological polar surface area (TPSA) is 89.2 Å². The number of benzene rings is 1. The third-order valence-electron chi connectivity index (χ3n) is 6.25. The normalized spacial score (nSPS) is 13.1. The van der Waals surface area contributed by atoms with Crippen molar-refractivity contribution < 1.29 is 9.59 Å². The molecule has 0 N–H and O–H groups in total. The molecule has 4 aromatic rings. The van der Waals surface area contributed by atoms with Gasteiger partial charge in [-0.2, -0.15) is 10.2 Å². The Morgan fingerprint density at radius 1 is 1.17 bits per heavy atom. The van der Waals surface area contributed by atoms with Crippen molar-refractivity contribution in [2.45, 2.75) is 33.0 Å². The van der Waals surface area contributed by atoms with Crippen LogP contribution in [-0.2, 0) is 33.1 Å². The minimum absolute atomic E-state index is 0.0937. The lowest BCUT2D eigenvalue weighted by atomic mass is 10.0. The molecule has 0 saturated carbocycles. The molecule has 9 nitrogen and oxygen atoms in total. The first-order valence-electron chi connectivity index (χ1n) is 11.5. The van der Waals surface area contributed by atoms with Crippen molar-refractivity contribution in [1.29, 1.82) is 0 Å². The molecule has 1 aliphatic heterocycles. The van der Waals surface area contributed by atoms with Gasteiger partial charge in [-0.05, 0) is 18.6 Å². The number of aryl methyl sites for hydroxylation is 2. The first-order chi connectivity index (χ1) is 16.9. The van der Waals surface area contributed by atoms with Gasteiger partial charge in [0.05, 0.1) is 36.5 Å². The second kappa shape index (κ2) is 9.46. The van der Waals surface area contributed by atoms with E-state index in [0.717, 1.165) is 28.2 Å². The number of nitrogens with zero attached hydrogens (tertiary/aromatic N) is 7. The van der Waals surface area contributed by atoms with Crippen molar-refractivity contribution in [3.05, 3.63) is 86.9 Å². The number of rotatable bonds is 6. The summed E-state index contributed by atoms with van der Waals surface area (Å²) in [5.74, 6) is -0.268. The van der Waals surface area contributed by atoms with Crippen molar-refractivity contribution >= 4 is 23.2 Å². The molecule has 1 aliphatic rings. The van der Waals surface area contributed by atoms with Gasteiger partial charge in [-0.1, -0.05) is 30.3 Å². The number of thiazole rings is 1. The fourth-order valence-electron chi connectivity index (χ4n) is 4.51. The van der Waals surface area contributed by atoms with Crippen LogP contribution >= 0.6 is 11.3 Å². The molecule has 0 bridgehead atoms. The van der Waals surface area contributed by atoms with Crippen LogP contribution in [-0.4, -0.2) is 59.8 Å². The van der Waals surface area contributed by atoms with Crippen LogP contribution in [0.4, 0.5) is 0 Å². The highest BCUT2D eigenvalue weighted by Gasteiger charge is 2.32. The van der Waals surface area contributed by atoms with E-state index in [4.69, 9.17) is 5.10 Å². The lowest BCUT2D eigenvalue weighted by Gasteiger charge is -2.28. The van der Waals surface area contributed by atoms with E-state index in [0.29, 0.717) is 44.0 Å². The summed E-state index contributed by atoms with van der Waals surface area (Å²) in [7, 11) is 3.53. The highest BCUT2D eigenvalue weighted by atomic mass is 32.1. The molecule has 2 amide bonds. The van der Waals surface area contributed by atoms with Crippen molar-refractivity contribution in [2.24, 2.45) is 7.05 Å². The summed E-state index contributed by atoms with van der Waals surface area (Å²) in [5.41, 5.74) is 7.25. The van der Waals surface area contributed by atoms with Gasteiger partial charge < -0.3 is 9.80 Å². The van der Waals surface area contributed by atoms with Crippen LogP contribution in [0.3, 0.4) is 0 Å². The quantitative estimate of drug-likeness (QED) is 0.416. The summed E-state index contributed by atoms with van der Waals surface area (Å²) in [4.78, 5) is 34.5. The average Bonchev–Trinajstić information content (AvgIpc) is 3.58. The Hall–Kier alpha value is -3.79. The Kier molecular flexibility index (Phi) is 6.21. The molecular weight excluding hydrogens is 462 g/mol. The smallest absolute Gasteiger partial charge is 0.274 e. The lowest BCUT2D eigenvalue weighted by Crippen LogP contribution is -2.38. The zero-order chi connectivity index (χ0) is 24.5. The van der Waals surface area contributed by atoms with Crippen molar-refractivity contribution in [3.8, 4) is 0 Å². The molecule has 35 heavy (non-hydrogen) atoms. The van der Waals surface area contributed by atoms with Crippen LogP contribution in [0.5, 0.6) is 0 Å². The number of fused-ring (bicyclic) bond motifs is 1. The van der Waals surface area contributed by atoms with Gasteiger partial charge >= 0.3 is 0 Å². The number of carbonyl (C=O) groups is 2. The molecular formula is C25H27N7O2S. The Morgan fingerprint density at radius 3 is 2.66 bits per heavy atom. The highest BCUT2D eigenvalue weighted by molar-refractivity contribution is 7.07. The summed E-state index contributed by atoms with van der Waals surface area (Å²) in [6.45, 7) is 3.73. The maximum Gasteiger partial charge on any atom is 0.274 e. The number of hydrogen-bond donors (Lipinski definition) is 0. The predicted octanol–water partition coefficient (Wildman–Crippen LogP) is 2.90. The molecule has 0 atom stereocenters. The molecule has 3 aromatic heterocycles. The van der Waals surface area contributed by atoms with E-state index in [1.807, 2.05) is 47.3 Å². The predicted molar refractivity (Wildman–Crippen MR) is 132 cm³/mol. The van der Waals surface area contributed by atoms with Gasteiger partial charge in [-0.15, -0.1) is 11.3 Å². The van der Waals surface area contributed by atoms with E-state index in [-0.39, 0.29) is 11.8 Å². The van der Waals surface area contributed by atoms with Crippen LogP contribution in [0.2, 0.25) is 0 Å². The van der Waals surface area contributed by atoms with E-state index < -0.39 is 0 Å². The van der Waals surface area contributed by atoms with Crippen LogP contribution in [0, 0.1) is 6.92 Å². The first kappa shape index (κ1) is 23.0. The highest BCUT2D eigenvalue weighted by Crippen LogP contribution is 2.26. The standard InChI is InChI=1S/C25H27N7O2S/c1-17-11-22(30(3)27-17)24(33)31-10-9-21-20(14-31)23(25(34)29(2)13-19-15-35-16-26-19)28-32(21)12-18-7-5-4-6-8-18/h4-8,11,15-16H,9-10,12-14H2,1-3H3. The lowest BCUT2D eigenvalue weighted by molar-refractivity contribution is 0.0711. The Balaban J connectivity index is 1.47. The van der Waals surface area contributed by atoms with Crippen molar-refractivity contribution in [2.75, 3.05) is 13.6 Å². The Bertz CT molecular complexity index is 1360. The van der Waals surface area contributed by atoms with E-state index in [1.54, 1.807) is 40.2 Å². The molecule has 180 valence electrons. The van der Waals surface area contributed by atoms with Crippen LogP contribution in [0.15, 0.2) is 47.3 Å². The molecule has 5 rings (SSSR count). The Morgan fingerprint density at radius 2 is 1.97 bits per heavy atom. The summed E-state index contributed by atoms with van der Waals surface area (Å²) in [5, 5.41) is 11.0. The average molecular weight is 490 g/mol. The number of aromatic nitrogens is 5. The van der Waals surface area contributed by atoms with E-state index >= 15 is 0 Å². The van der Waals surface area contributed by atoms with Crippen LogP contribution in [0.25, 0.3) is 0 Å². The first-order valence-corrected chi connectivity index (χ1v) is 12.4. The van der Waals surface area contributed by atoms with Gasteiger partial charge in [0.15, 0.2) is 5.69 Å².